The highest BCUT2D eigenvalue weighted by Crippen LogP contribution is 2.27. The number of carbonyl (C=O) groups is 3. The number of halogens is 2. The van der Waals surface area contributed by atoms with Gasteiger partial charge in [0, 0.05) is 5.02 Å². The van der Waals surface area contributed by atoms with Gasteiger partial charge in [0.15, 0.2) is 6.61 Å². The summed E-state index contributed by atoms with van der Waals surface area (Å²) in [6, 6.07) is 10.3. The molecule has 0 heterocycles. The molecule has 0 spiro atoms. The zero-order chi connectivity index (χ0) is 22.8. The van der Waals surface area contributed by atoms with Crippen LogP contribution in [0.4, 0.5) is 5.69 Å². The molecule has 0 aliphatic carbocycles. The van der Waals surface area contributed by atoms with Gasteiger partial charge < -0.3 is 20.1 Å². The summed E-state index contributed by atoms with van der Waals surface area (Å²) in [6.07, 6.45) is 2.21. The predicted molar refractivity (Wildman–Crippen MR) is 123 cm³/mol. The number of ether oxygens (including phenoxy) is 2. The summed E-state index contributed by atoms with van der Waals surface area (Å²) in [4.78, 5) is 37.3. The van der Waals surface area contributed by atoms with Crippen molar-refractivity contribution in [1.82, 2.24) is 5.32 Å². The molecule has 2 amide bonds. The topological polar surface area (TPSA) is 93.7 Å². The minimum atomic E-state index is -0.926. The van der Waals surface area contributed by atoms with Gasteiger partial charge in [-0.1, -0.05) is 35.3 Å². The molecule has 0 bridgehead atoms. The van der Waals surface area contributed by atoms with Gasteiger partial charge in [0.05, 0.1) is 23.4 Å². The number of amides is 2. The van der Waals surface area contributed by atoms with E-state index in [1.807, 2.05) is 6.26 Å². The summed E-state index contributed by atoms with van der Waals surface area (Å²) in [7, 11) is 1.46. The van der Waals surface area contributed by atoms with Gasteiger partial charge in [0.1, 0.15) is 11.8 Å². The molecule has 2 aromatic rings. The number of carbonyl (C=O) groups excluding carboxylic acids is 3. The van der Waals surface area contributed by atoms with E-state index in [2.05, 4.69) is 10.6 Å². The van der Waals surface area contributed by atoms with Crippen LogP contribution in [0.2, 0.25) is 10.0 Å². The second-order valence-corrected chi connectivity index (χ2v) is 8.12. The molecule has 1 atom stereocenters. The number of methoxy groups -OCH3 is 1. The highest BCUT2D eigenvalue weighted by Gasteiger charge is 2.24. The first-order valence-corrected chi connectivity index (χ1v) is 11.3. The van der Waals surface area contributed by atoms with E-state index in [0.29, 0.717) is 28.6 Å². The van der Waals surface area contributed by atoms with Crippen LogP contribution in [0.25, 0.3) is 0 Å². The summed E-state index contributed by atoms with van der Waals surface area (Å²) >= 11 is 13.5. The average molecular weight is 485 g/mol. The summed E-state index contributed by atoms with van der Waals surface area (Å²) in [5.74, 6) is -0.776. The molecule has 166 valence electrons. The average Bonchev–Trinajstić information content (AvgIpc) is 2.75. The maximum atomic E-state index is 12.5. The van der Waals surface area contributed by atoms with Crippen molar-refractivity contribution < 1.29 is 23.9 Å². The van der Waals surface area contributed by atoms with Gasteiger partial charge in [0.2, 0.25) is 0 Å². The molecule has 0 aliphatic heterocycles. The lowest BCUT2D eigenvalue weighted by Gasteiger charge is -2.18. The van der Waals surface area contributed by atoms with Gasteiger partial charge in [-0.05, 0) is 48.8 Å². The van der Waals surface area contributed by atoms with Crippen LogP contribution in [0, 0.1) is 0 Å². The van der Waals surface area contributed by atoms with E-state index in [1.54, 1.807) is 36.4 Å². The highest BCUT2D eigenvalue weighted by atomic mass is 35.5. The summed E-state index contributed by atoms with van der Waals surface area (Å²) < 4.78 is 10.3. The van der Waals surface area contributed by atoms with Gasteiger partial charge in [-0.25, -0.2) is 4.79 Å². The Bertz CT molecular complexity index is 942. The summed E-state index contributed by atoms with van der Waals surface area (Å²) in [5, 5.41) is 5.89. The molecule has 2 rings (SSSR count). The third-order valence-electron chi connectivity index (χ3n) is 4.10. The monoisotopic (exact) mass is 484 g/mol. The number of nitrogens with one attached hydrogen (secondary N) is 2. The minimum Gasteiger partial charge on any atom is -0.495 e. The molecule has 0 saturated heterocycles. The molecule has 2 N–H and O–H groups in total. The van der Waals surface area contributed by atoms with Crippen molar-refractivity contribution in [3.63, 3.8) is 0 Å². The first-order chi connectivity index (χ1) is 14.8. The second-order valence-electron chi connectivity index (χ2n) is 6.29. The number of benzene rings is 2. The van der Waals surface area contributed by atoms with Crippen molar-refractivity contribution >= 4 is 58.4 Å². The standard InChI is InChI=1S/C21H22Cl2N2O5S/c1-29-18-8-7-13(22)11-17(18)24-19(26)12-30-21(28)16(9-10-31-2)25-20(27)14-5-3-4-6-15(14)23/h3-8,11,16H,9-10,12H2,1-2H3,(H,24,26)(H,25,27). The van der Waals surface area contributed by atoms with E-state index in [0.717, 1.165) is 0 Å². The van der Waals surface area contributed by atoms with E-state index in [4.69, 9.17) is 32.7 Å². The largest absolute Gasteiger partial charge is 0.495 e. The Morgan fingerprint density at radius 1 is 1.13 bits per heavy atom. The number of anilines is 1. The van der Waals surface area contributed by atoms with Gasteiger partial charge in [-0.15, -0.1) is 0 Å². The summed E-state index contributed by atoms with van der Waals surface area (Å²) in [5.41, 5.74) is 0.596. The smallest absolute Gasteiger partial charge is 0.329 e. The first kappa shape index (κ1) is 24.8. The van der Waals surface area contributed by atoms with Gasteiger partial charge in [0.25, 0.3) is 11.8 Å². The Kier molecular flexibility index (Phi) is 9.97. The number of thioether (sulfide) groups is 1. The maximum Gasteiger partial charge on any atom is 0.329 e. The zero-order valence-electron chi connectivity index (χ0n) is 16.9. The Hall–Kier alpha value is -2.42. The van der Waals surface area contributed by atoms with Crippen molar-refractivity contribution in [2.75, 3.05) is 31.0 Å². The second kappa shape index (κ2) is 12.4. The molecule has 31 heavy (non-hydrogen) atoms. The Morgan fingerprint density at radius 2 is 1.87 bits per heavy atom. The Balaban J connectivity index is 1.99. The van der Waals surface area contributed by atoms with E-state index in [9.17, 15) is 14.4 Å². The third-order valence-corrected chi connectivity index (χ3v) is 5.31. The molecule has 0 saturated carbocycles. The van der Waals surface area contributed by atoms with E-state index >= 15 is 0 Å². The van der Waals surface area contributed by atoms with E-state index in [-0.39, 0.29) is 10.6 Å². The first-order valence-electron chi connectivity index (χ1n) is 9.20. The van der Waals surface area contributed by atoms with Crippen LogP contribution in [0.15, 0.2) is 42.5 Å². The fraction of sp³-hybridized carbons (Fsp3) is 0.286. The number of hydrogen-bond donors (Lipinski definition) is 2. The van der Waals surface area contributed by atoms with Crippen LogP contribution in [-0.2, 0) is 14.3 Å². The lowest BCUT2D eigenvalue weighted by Crippen LogP contribution is -2.43. The molecule has 0 fully saturated rings. The molecule has 1 unspecified atom stereocenters. The SMILES string of the molecule is COc1ccc(Cl)cc1NC(=O)COC(=O)C(CCSC)NC(=O)c1ccccc1Cl. The van der Waals surface area contributed by atoms with Crippen molar-refractivity contribution in [3.8, 4) is 5.75 Å². The molecular formula is C21H22Cl2N2O5S. The molecule has 0 radical (unpaired) electrons. The van der Waals surface area contributed by atoms with E-state index in [1.165, 1.54) is 24.9 Å². The van der Waals surface area contributed by atoms with Crippen molar-refractivity contribution in [2.45, 2.75) is 12.5 Å². The lowest BCUT2D eigenvalue weighted by atomic mass is 10.1. The molecule has 0 aliphatic rings. The number of esters is 1. The van der Waals surface area contributed by atoms with Crippen LogP contribution < -0.4 is 15.4 Å². The normalized spacial score (nSPS) is 11.4. The fourth-order valence-corrected chi connectivity index (χ4v) is 3.43. The third kappa shape index (κ3) is 7.65. The number of rotatable bonds is 10. The van der Waals surface area contributed by atoms with Gasteiger partial charge >= 0.3 is 5.97 Å². The molecule has 7 nitrogen and oxygen atoms in total. The molecule has 2 aromatic carbocycles. The molecule has 0 aromatic heterocycles. The highest BCUT2D eigenvalue weighted by molar-refractivity contribution is 7.98. The van der Waals surface area contributed by atoms with Crippen LogP contribution in [0.3, 0.4) is 0 Å². The zero-order valence-corrected chi connectivity index (χ0v) is 19.3. The van der Waals surface area contributed by atoms with E-state index < -0.39 is 30.4 Å². The van der Waals surface area contributed by atoms with Gasteiger partial charge in [-0.2, -0.15) is 11.8 Å². The van der Waals surface area contributed by atoms with Crippen LogP contribution >= 0.6 is 35.0 Å². The Labute approximate surface area is 194 Å². The minimum absolute atomic E-state index is 0.247. The number of hydrogen-bond acceptors (Lipinski definition) is 6. The lowest BCUT2D eigenvalue weighted by molar-refractivity contribution is -0.149. The van der Waals surface area contributed by atoms with Crippen molar-refractivity contribution in [2.24, 2.45) is 0 Å². The molecular weight excluding hydrogens is 463 g/mol. The van der Waals surface area contributed by atoms with Crippen LogP contribution in [0.1, 0.15) is 16.8 Å². The van der Waals surface area contributed by atoms with Gasteiger partial charge in [-0.3, -0.25) is 9.59 Å². The van der Waals surface area contributed by atoms with Crippen LogP contribution in [0.5, 0.6) is 5.75 Å². The summed E-state index contributed by atoms with van der Waals surface area (Å²) in [6.45, 7) is -0.535. The predicted octanol–water partition coefficient (Wildman–Crippen LogP) is 4.04. The Morgan fingerprint density at radius 3 is 2.55 bits per heavy atom. The fourth-order valence-electron chi connectivity index (χ4n) is 2.57. The van der Waals surface area contributed by atoms with Crippen molar-refractivity contribution in [3.05, 3.63) is 58.1 Å². The van der Waals surface area contributed by atoms with Crippen LogP contribution in [-0.4, -0.2) is 49.6 Å². The maximum absolute atomic E-state index is 12.5. The molecule has 10 heteroatoms. The van der Waals surface area contributed by atoms with Crippen molar-refractivity contribution in [1.29, 1.82) is 0 Å². The quantitative estimate of drug-likeness (QED) is 0.494.